The van der Waals surface area contributed by atoms with Crippen LogP contribution in [0.3, 0.4) is 0 Å². The lowest BCUT2D eigenvalue weighted by Gasteiger charge is -2.33. The van der Waals surface area contributed by atoms with Gasteiger partial charge in [0.25, 0.3) is 11.5 Å². The number of aryl methyl sites for hydroxylation is 2. The molecule has 0 bridgehead atoms. The van der Waals surface area contributed by atoms with Crippen molar-refractivity contribution in [3.8, 4) is 0 Å². The highest BCUT2D eigenvalue weighted by molar-refractivity contribution is 6.08. The van der Waals surface area contributed by atoms with Crippen LogP contribution in [0.15, 0.2) is 29.3 Å². The van der Waals surface area contributed by atoms with Crippen molar-refractivity contribution in [2.45, 2.75) is 58.0 Å². The summed E-state index contributed by atoms with van der Waals surface area (Å²) in [5.41, 5.74) is 2.79. The van der Waals surface area contributed by atoms with Crippen LogP contribution >= 0.6 is 0 Å². The van der Waals surface area contributed by atoms with E-state index < -0.39 is 23.4 Å². The maximum Gasteiger partial charge on any atom is 0.344 e. The van der Waals surface area contributed by atoms with E-state index >= 15 is 0 Å². The number of aromatic nitrogens is 2. The molecule has 0 atom stereocenters. The number of hydrogen-bond donors (Lipinski definition) is 2. The highest BCUT2D eigenvalue weighted by Crippen LogP contribution is 2.35. The van der Waals surface area contributed by atoms with Gasteiger partial charge in [-0.1, -0.05) is 19.1 Å². The molecule has 1 aromatic carbocycles. The zero-order chi connectivity index (χ0) is 21.5. The van der Waals surface area contributed by atoms with Crippen LogP contribution in [0.5, 0.6) is 0 Å². The second-order valence-electron chi connectivity index (χ2n) is 8.33. The van der Waals surface area contributed by atoms with Crippen molar-refractivity contribution >= 4 is 28.7 Å². The maximum atomic E-state index is 12.8. The van der Waals surface area contributed by atoms with Crippen molar-refractivity contribution in [2.24, 2.45) is 5.92 Å². The molecule has 1 aliphatic heterocycles. The van der Waals surface area contributed by atoms with Crippen molar-refractivity contribution in [3.05, 3.63) is 40.4 Å². The molecule has 1 saturated carbocycles. The predicted octanol–water partition coefficient (Wildman–Crippen LogP) is 1.63. The number of rotatable bonds is 4. The molecule has 0 unspecified atom stereocenters. The Balaban J connectivity index is 1.41. The van der Waals surface area contributed by atoms with E-state index in [4.69, 9.17) is 0 Å². The SMILES string of the molecule is Cc1cccc2c(=O)n(CCC(=O)NN3C(=O)NC4(CCC(C)CC4)C3=O)cnc12. The molecule has 0 radical (unpaired) electrons. The van der Waals surface area contributed by atoms with Gasteiger partial charge in [0, 0.05) is 13.0 Å². The molecule has 1 aliphatic carbocycles. The number of nitrogens with zero attached hydrogens (tertiary/aromatic N) is 3. The van der Waals surface area contributed by atoms with E-state index in [2.05, 4.69) is 22.7 Å². The van der Waals surface area contributed by atoms with Gasteiger partial charge in [-0.15, -0.1) is 0 Å². The molecule has 2 aliphatic rings. The Kier molecular flexibility index (Phi) is 5.05. The fraction of sp³-hybridized carbons (Fsp3) is 0.476. The van der Waals surface area contributed by atoms with Gasteiger partial charge in [0.05, 0.1) is 17.2 Å². The summed E-state index contributed by atoms with van der Waals surface area (Å²) in [5, 5.41) is 4.03. The van der Waals surface area contributed by atoms with Gasteiger partial charge in [0.1, 0.15) is 5.54 Å². The van der Waals surface area contributed by atoms with Crippen molar-refractivity contribution in [3.63, 3.8) is 0 Å². The molecule has 2 N–H and O–H groups in total. The van der Waals surface area contributed by atoms with E-state index in [9.17, 15) is 19.2 Å². The van der Waals surface area contributed by atoms with Gasteiger partial charge in [-0.25, -0.2) is 9.78 Å². The number of para-hydroxylation sites is 1. The number of nitrogens with one attached hydrogen (secondary N) is 2. The zero-order valence-electron chi connectivity index (χ0n) is 17.1. The molecule has 4 rings (SSSR count). The van der Waals surface area contributed by atoms with Crippen LogP contribution in [0.25, 0.3) is 10.9 Å². The first kappa shape index (κ1) is 20.1. The molecule has 4 amide bonds. The molecular formula is C21H25N5O4. The smallest absolute Gasteiger partial charge is 0.322 e. The minimum absolute atomic E-state index is 0.0694. The van der Waals surface area contributed by atoms with Crippen molar-refractivity contribution < 1.29 is 14.4 Å². The molecule has 9 heteroatoms. The second-order valence-corrected chi connectivity index (χ2v) is 8.33. The van der Waals surface area contributed by atoms with Gasteiger partial charge in [0.15, 0.2) is 0 Å². The summed E-state index contributed by atoms with van der Waals surface area (Å²) in [4.78, 5) is 54.4. The average molecular weight is 411 g/mol. The molecule has 9 nitrogen and oxygen atoms in total. The molecular weight excluding hydrogens is 386 g/mol. The fourth-order valence-electron chi connectivity index (χ4n) is 4.22. The van der Waals surface area contributed by atoms with E-state index in [1.807, 2.05) is 13.0 Å². The van der Waals surface area contributed by atoms with Gasteiger partial charge in [-0.3, -0.25) is 24.4 Å². The lowest BCUT2D eigenvalue weighted by atomic mass is 9.77. The minimum Gasteiger partial charge on any atom is -0.322 e. The number of hydrazine groups is 1. The topological polar surface area (TPSA) is 113 Å². The monoisotopic (exact) mass is 411 g/mol. The molecule has 30 heavy (non-hydrogen) atoms. The van der Waals surface area contributed by atoms with Crippen LogP contribution in [0.2, 0.25) is 0 Å². The Labute approximate surface area is 173 Å². The Morgan fingerprint density at radius 2 is 2.00 bits per heavy atom. The van der Waals surface area contributed by atoms with Crippen LogP contribution in [0.4, 0.5) is 4.79 Å². The Morgan fingerprint density at radius 1 is 1.27 bits per heavy atom. The summed E-state index contributed by atoms with van der Waals surface area (Å²) in [5.74, 6) is -0.412. The van der Waals surface area contributed by atoms with Gasteiger partial charge in [0.2, 0.25) is 5.91 Å². The summed E-state index contributed by atoms with van der Waals surface area (Å²) in [6.45, 7) is 4.09. The largest absolute Gasteiger partial charge is 0.344 e. The molecule has 2 aromatic rings. The highest BCUT2D eigenvalue weighted by Gasteiger charge is 2.52. The predicted molar refractivity (Wildman–Crippen MR) is 109 cm³/mol. The lowest BCUT2D eigenvalue weighted by Crippen LogP contribution is -2.51. The summed E-state index contributed by atoms with van der Waals surface area (Å²) in [6, 6.07) is 4.76. The van der Waals surface area contributed by atoms with Crippen molar-refractivity contribution in [2.75, 3.05) is 0 Å². The number of carbonyl (C=O) groups excluding carboxylic acids is 3. The molecule has 158 valence electrons. The van der Waals surface area contributed by atoms with Gasteiger partial charge in [-0.2, -0.15) is 5.01 Å². The molecule has 1 aromatic heterocycles. The van der Waals surface area contributed by atoms with E-state index in [1.54, 1.807) is 12.1 Å². The number of amides is 4. The molecule has 1 spiro atoms. The number of benzene rings is 1. The van der Waals surface area contributed by atoms with Gasteiger partial charge < -0.3 is 5.32 Å². The number of carbonyl (C=O) groups is 3. The summed E-state index contributed by atoms with van der Waals surface area (Å²) in [7, 11) is 0. The minimum atomic E-state index is -0.909. The van der Waals surface area contributed by atoms with E-state index in [-0.39, 0.29) is 18.5 Å². The Morgan fingerprint density at radius 3 is 2.73 bits per heavy atom. The standard InChI is InChI=1S/C21H25N5O4/c1-13-6-9-21(10-7-13)19(29)26(20(30)23-21)24-16(27)8-11-25-12-22-17-14(2)4-3-5-15(17)18(25)28/h3-5,12-13H,6-11H2,1-2H3,(H,23,30)(H,24,27). The van der Waals surface area contributed by atoms with Crippen LogP contribution < -0.4 is 16.3 Å². The lowest BCUT2D eigenvalue weighted by molar-refractivity contribution is -0.140. The number of fused-ring (bicyclic) bond motifs is 1. The van der Waals surface area contributed by atoms with Gasteiger partial charge >= 0.3 is 6.03 Å². The Bertz CT molecular complexity index is 1080. The maximum absolute atomic E-state index is 12.8. The van der Waals surface area contributed by atoms with Crippen molar-refractivity contribution in [1.82, 2.24) is 25.3 Å². The second kappa shape index (κ2) is 7.55. The van der Waals surface area contributed by atoms with Crippen LogP contribution in [-0.2, 0) is 16.1 Å². The van der Waals surface area contributed by atoms with Crippen LogP contribution in [0, 0.1) is 12.8 Å². The van der Waals surface area contributed by atoms with Crippen LogP contribution in [-0.4, -0.2) is 37.9 Å². The first-order chi connectivity index (χ1) is 14.3. The van der Waals surface area contributed by atoms with E-state index in [1.165, 1.54) is 10.9 Å². The van der Waals surface area contributed by atoms with E-state index in [0.29, 0.717) is 29.7 Å². The van der Waals surface area contributed by atoms with Gasteiger partial charge in [-0.05, 0) is 50.2 Å². The third-order valence-electron chi connectivity index (χ3n) is 6.16. The van der Waals surface area contributed by atoms with Crippen molar-refractivity contribution in [1.29, 1.82) is 0 Å². The summed E-state index contributed by atoms with van der Waals surface area (Å²) in [6.07, 6.45) is 4.19. The number of imide groups is 1. The summed E-state index contributed by atoms with van der Waals surface area (Å²) >= 11 is 0. The third kappa shape index (κ3) is 3.44. The fourth-order valence-corrected chi connectivity index (χ4v) is 4.22. The number of urea groups is 1. The molecule has 2 heterocycles. The first-order valence-electron chi connectivity index (χ1n) is 10.2. The van der Waals surface area contributed by atoms with Crippen LogP contribution in [0.1, 0.15) is 44.6 Å². The molecule has 2 fully saturated rings. The normalized spacial score (nSPS) is 23.8. The highest BCUT2D eigenvalue weighted by atomic mass is 16.2. The van der Waals surface area contributed by atoms with E-state index in [0.717, 1.165) is 23.4 Å². The zero-order valence-corrected chi connectivity index (χ0v) is 17.1. The Hall–Kier alpha value is -3.23. The average Bonchev–Trinajstić information content (AvgIpc) is 2.94. The first-order valence-corrected chi connectivity index (χ1v) is 10.2. The quantitative estimate of drug-likeness (QED) is 0.743. The summed E-state index contributed by atoms with van der Waals surface area (Å²) < 4.78 is 1.36. The third-order valence-corrected chi connectivity index (χ3v) is 6.16. The molecule has 1 saturated heterocycles. The number of hydrogen-bond acceptors (Lipinski definition) is 5.